The van der Waals surface area contributed by atoms with Crippen molar-refractivity contribution in [1.82, 2.24) is 18.8 Å². The molecular weight excluding hydrogens is 268 g/mol. The fourth-order valence-electron chi connectivity index (χ4n) is 1.57. The second kappa shape index (κ2) is 5.06. The molecule has 0 N–H and O–H groups in total. The Labute approximate surface area is 110 Å². The van der Waals surface area contributed by atoms with Crippen LogP contribution < -0.4 is 5.56 Å². The minimum Gasteiger partial charge on any atom is -0.297 e. The first-order chi connectivity index (χ1) is 8.89. The monoisotopic (exact) mass is 282 g/mol. The molecule has 0 atom stereocenters. The van der Waals surface area contributed by atoms with E-state index in [0.717, 1.165) is 6.26 Å². The van der Waals surface area contributed by atoms with E-state index < -0.39 is 10.0 Å². The van der Waals surface area contributed by atoms with Gasteiger partial charge in [-0.3, -0.25) is 9.36 Å². The molecule has 0 fully saturated rings. The van der Waals surface area contributed by atoms with Crippen LogP contribution in [-0.2, 0) is 16.6 Å². The van der Waals surface area contributed by atoms with Crippen LogP contribution in [0.3, 0.4) is 0 Å². The molecule has 0 saturated heterocycles. The van der Waals surface area contributed by atoms with Crippen molar-refractivity contribution < 1.29 is 8.42 Å². The molecule has 2 aromatic heterocycles. The van der Waals surface area contributed by atoms with Crippen molar-refractivity contribution in [1.29, 1.82) is 0 Å². The molecule has 7 nitrogen and oxygen atoms in total. The molecule has 19 heavy (non-hydrogen) atoms. The number of aromatic nitrogens is 3. The van der Waals surface area contributed by atoms with Gasteiger partial charge in [0.25, 0.3) is 5.56 Å². The van der Waals surface area contributed by atoms with Gasteiger partial charge in [-0.05, 0) is 12.1 Å². The van der Waals surface area contributed by atoms with E-state index in [1.54, 1.807) is 18.3 Å². The zero-order chi connectivity index (χ0) is 14.0. The SMILES string of the molecule is CN(CCn1cnc2ncccc2c1=O)S(C)(=O)=O. The van der Waals surface area contributed by atoms with Gasteiger partial charge in [0.15, 0.2) is 5.65 Å². The summed E-state index contributed by atoms with van der Waals surface area (Å²) >= 11 is 0. The van der Waals surface area contributed by atoms with Gasteiger partial charge in [0.05, 0.1) is 11.6 Å². The van der Waals surface area contributed by atoms with Gasteiger partial charge in [0.2, 0.25) is 10.0 Å². The highest BCUT2D eigenvalue weighted by molar-refractivity contribution is 7.88. The maximum atomic E-state index is 12.1. The summed E-state index contributed by atoms with van der Waals surface area (Å²) in [6.07, 6.45) is 4.07. The molecule has 0 aromatic carbocycles. The maximum absolute atomic E-state index is 12.1. The molecular formula is C11H14N4O3S. The van der Waals surface area contributed by atoms with Crippen molar-refractivity contribution in [2.45, 2.75) is 6.54 Å². The normalized spacial score (nSPS) is 12.2. The van der Waals surface area contributed by atoms with E-state index in [1.165, 1.54) is 22.2 Å². The number of likely N-dealkylation sites (N-methyl/N-ethyl adjacent to an activating group) is 1. The zero-order valence-corrected chi connectivity index (χ0v) is 11.5. The molecule has 2 heterocycles. The third-order valence-electron chi connectivity index (χ3n) is 2.82. The van der Waals surface area contributed by atoms with Crippen LogP contribution in [0.5, 0.6) is 0 Å². The second-order valence-corrected chi connectivity index (χ2v) is 6.29. The second-order valence-electron chi connectivity index (χ2n) is 4.20. The van der Waals surface area contributed by atoms with Crippen LogP contribution >= 0.6 is 0 Å². The highest BCUT2D eigenvalue weighted by Gasteiger charge is 2.11. The van der Waals surface area contributed by atoms with E-state index >= 15 is 0 Å². The van der Waals surface area contributed by atoms with Crippen molar-refractivity contribution in [3.05, 3.63) is 35.0 Å². The van der Waals surface area contributed by atoms with E-state index in [0.29, 0.717) is 11.0 Å². The first kappa shape index (κ1) is 13.6. The molecule has 0 aliphatic rings. The Balaban J connectivity index is 2.27. The fraction of sp³-hybridized carbons (Fsp3) is 0.364. The first-order valence-corrected chi connectivity index (χ1v) is 7.46. The average Bonchev–Trinajstić information content (AvgIpc) is 2.37. The summed E-state index contributed by atoms with van der Waals surface area (Å²) in [7, 11) is -1.77. The lowest BCUT2D eigenvalue weighted by molar-refractivity contribution is 0.445. The number of pyridine rings is 1. The Morgan fingerprint density at radius 1 is 1.37 bits per heavy atom. The fourth-order valence-corrected chi connectivity index (χ4v) is 1.99. The quantitative estimate of drug-likeness (QED) is 0.767. The van der Waals surface area contributed by atoms with Crippen LogP contribution in [0.15, 0.2) is 29.5 Å². The molecule has 0 unspecified atom stereocenters. The highest BCUT2D eigenvalue weighted by Crippen LogP contribution is 2.01. The topological polar surface area (TPSA) is 85.2 Å². The molecule has 0 bridgehead atoms. The lowest BCUT2D eigenvalue weighted by Gasteiger charge is -2.14. The van der Waals surface area contributed by atoms with Gasteiger partial charge in [-0.2, -0.15) is 0 Å². The van der Waals surface area contributed by atoms with Gasteiger partial charge in [-0.1, -0.05) is 0 Å². The van der Waals surface area contributed by atoms with Crippen LogP contribution in [0, 0.1) is 0 Å². The Hall–Kier alpha value is -1.80. The third-order valence-corrected chi connectivity index (χ3v) is 4.13. The zero-order valence-electron chi connectivity index (χ0n) is 10.6. The standard InChI is InChI=1S/C11H14N4O3S/c1-14(19(2,17)18)6-7-15-8-13-10-9(11(15)16)4-3-5-12-10/h3-5,8H,6-7H2,1-2H3. The summed E-state index contributed by atoms with van der Waals surface area (Å²) in [6, 6.07) is 3.31. The van der Waals surface area contributed by atoms with Crippen molar-refractivity contribution in [3.63, 3.8) is 0 Å². The summed E-state index contributed by atoms with van der Waals surface area (Å²) in [5, 5.41) is 0.423. The molecule has 0 aliphatic carbocycles. The summed E-state index contributed by atoms with van der Waals surface area (Å²) in [6.45, 7) is 0.465. The lowest BCUT2D eigenvalue weighted by Crippen LogP contribution is -2.32. The molecule has 2 aromatic rings. The van der Waals surface area contributed by atoms with E-state index in [1.807, 2.05) is 0 Å². The van der Waals surface area contributed by atoms with Crippen LogP contribution in [0.25, 0.3) is 11.0 Å². The number of rotatable bonds is 4. The molecule has 0 amide bonds. The molecule has 2 rings (SSSR count). The van der Waals surface area contributed by atoms with Crippen molar-refractivity contribution in [2.75, 3.05) is 19.8 Å². The van der Waals surface area contributed by atoms with E-state index in [2.05, 4.69) is 9.97 Å². The Morgan fingerprint density at radius 3 is 2.79 bits per heavy atom. The summed E-state index contributed by atoms with van der Waals surface area (Å²) < 4.78 is 25.1. The Kier molecular flexibility index (Phi) is 3.63. The number of hydrogen-bond acceptors (Lipinski definition) is 5. The predicted octanol–water partition coefficient (Wildman–Crippen LogP) is -0.317. The minimum atomic E-state index is -3.24. The number of nitrogens with zero attached hydrogens (tertiary/aromatic N) is 4. The smallest absolute Gasteiger partial charge is 0.262 e. The predicted molar refractivity (Wildman–Crippen MR) is 71.3 cm³/mol. The number of fused-ring (bicyclic) bond motifs is 1. The van der Waals surface area contributed by atoms with E-state index in [-0.39, 0.29) is 18.6 Å². The van der Waals surface area contributed by atoms with Crippen LogP contribution in [0.2, 0.25) is 0 Å². The van der Waals surface area contributed by atoms with E-state index in [4.69, 9.17) is 0 Å². The van der Waals surface area contributed by atoms with Gasteiger partial charge in [0, 0.05) is 26.3 Å². The number of hydrogen-bond donors (Lipinski definition) is 0. The van der Waals surface area contributed by atoms with Gasteiger partial charge < -0.3 is 0 Å². The molecule has 102 valence electrons. The van der Waals surface area contributed by atoms with Crippen LogP contribution in [0.4, 0.5) is 0 Å². The lowest BCUT2D eigenvalue weighted by atomic mass is 10.3. The van der Waals surface area contributed by atoms with Gasteiger partial charge in [0.1, 0.15) is 6.33 Å². The summed E-state index contributed by atoms with van der Waals surface area (Å²) in [5.74, 6) is 0. The van der Waals surface area contributed by atoms with Crippen molar-refractivity contribution >= 4 is 21.1 Å². The summed E-state index contributed by atoms with van der Waals surface area (Å²) in [5.41, 5.74) is 0.167. The summed E-state index contributed by atoms with van der Waals surface area (Å²) in [4.78, 5) is 20.2. The van der Waals surface area contributed by atoms with Gasteiger partial charge >= 0.3 is 0 Å². The average molecular weight is 282 g/mol. The van der Waals surface area contributed by atoms with Gasteiger partial charge in [-0.15, -0.1) is 0 Å². The largest absolute Gasteiger partial charge is 0.297 e. The van der Waals surface area contributed by atoms with Gasteiger partial charge in [-0.25, -0.2) is 22.7 Å². The minimum absolute atomic E-state index is 0.214. The van der Waals surface area contributed by atoms with Crippen molar-refractivity contribution in [2.24, 2.45) is 0 Å². The Bertz CT molecular complexity index is 754. The van der Waals surface area contributed by atoms with Crippen LogP contribution in [0.1, 0.15) is 0 Å². The molecule has 0 spiro atoms. The highest BCUT2D eigenvalue weighted by atomic mass is 32.2. The first-order valence-electron chi connectivity index (χ1n) is 5.61. The van der Waals surface area contributed by atoms with Crippen molar-refractivity contribution in [3.8, 4) is 0 Å². The molecule has 0 saturated carbocycles. The molecule has 0 radical (unpaired) electrons. The van der Waals surface area contributed by atoms with E-state index in [9.17, 15) is 13.2 Å². The molecule has 0 aliphatic heterocycles. The van der Waals surface area contributed by atoms with Crippen LogP contribution in [-0.4, -0.2) is 47.1 Å². The third kappa shape index (κ3) is 2.96. The maximum Gasteiger partial charge on any atom is 0.262 e. The number of sulfonamides is 1. The molecule has 8 heteroatoms. The Morgan fingerprint density at radius 2 is 2.11 bits per heavy atom.